The third-order valence-corrected chi connectivity index (χ3v) is 3.35. The number of aromatic nitrogens is 1. The summed E-state index contributed by atoms with van der Waals surface area (Å²) in [6.07, 6.45) is 1.83. The highest BCUT2D eigenvalue weighted by Gasteiger charge is 2.05. The maximum Gasteiger partial charge on any atom is 0.248 e. The van der Waals surface area contributed by atoms with Crippen LogP contribution in [0.1, 0.15) is 20.2 Å². The van der Waals surface area contributed by atoms with Gasteiger partial charge in [0.1, 0.15) is 5.01 Å². The number of anilines is 2. The number of nitrogens with two attached hydrogens (primary N) is 2. The number of amides is 1. The summed E-state index contributed by atoms with van der Waals surface area (Å²) in [5, 5.41) is 4.17. The number of benzene rings is 1. The maximum absolute atomic E-state index is 11.0. The van der Waals surface area contributed by atoms with Crippen molar-refractivity contribution in [1.82, 2.24) is 4.98 Å². The largest absolute Gasteiger partial charge is 0.397 e. The molecule has 0 fully saturated rings. The predicted octanol–water partition coefficient (Wildman–Crippen LogP) is 1.74. The SMILES string of the molecule is Cc1cnc(CNc2ccc(C(N)=O)cc2N)s1. The third kappa shape index (κ3) is 2.78. The number of nitrogens with zero attached hydrogens (tertiary/aromatic N) is 1. The van der Waals surface area contributed by atoms with Gasteiger partial charge in [-0.3, -0.25) is 4.79 Å². The van der Waals surface area contributed by atoms with Crippen molar-refractivity contribution < 1.29 is 4.79 Å². The second-order valence-electron chi connectivity index (χ2n) is 3.88. The molecule has 0 radical (unpaired) electrons. The van der Waals surface area contributed by atoms with Crippen LogP contribution in [0.25, 0.3) is 0 Å². The number of carbonyl (C=O) groups is 1. The van der Waals surface area contributed by atoms with E-state index < -0.39 is 5.91 Å². The summed E-state index contributed by atoms with van der Waals surface area (Å²) in [7, 11) is 0. The summed E-state index contributed by atoms with van der Waals surface area (Å²) < 4.78 is 0. The van der Waals surface area contributed by atoms with Crippen molar-refractivity contribution in [2.45, 2.75) is 13.5 Å². The first-order valence-electron chi connectivity index (χ1n) is 5.41. The Bertz CT molecular complexity index is 579. The highest BCUT2D eigenvalue weighted by molar-refractivity contribution is 7.11. The summed E-state index contributed by atoms with van der Waals surface area (Å²) in [6, 6.07) is 4.96. The van der Waals surface area contributed by atoms with Crippen molar-refractivity contribution in [3.8, 4) is 0 Å². The third-order valence-electron chi connectivity index (χ3n) is 2.44. The standard InChI is InChI=1S/C12H14N4OS/c1-7-5-16-11(18-7)6-15-10-3-2-8(12(14)17)4-9(10)13/h2-5,15H,6,13H2,1H3,(H2,14,17). The van der Waals surface area contributed by atoms with Gasteiger partial charge in [-0.15, -0.1) is 11.3 Å². The molecule has 0 unspecified atom stereocenters. The van der Waals surface area contributed by atoms with Crippen molar-refractivity contribution in [3.05, 3.63) is 39.8 Å². The fourth-order valence-electron chi connectivity index (χ4n) is 1.53. The molecule has 1 aromatic heterocycles. The summed E-state index contributed by atoms with van der Waals surface area (Å²) >= 11 is 1.63. The maximum atomic E-state index is 11.0. The number of rotatable bonds is 4. The van der Waals surface area contributed by atoms with E-state index in [1.807, 2.05) is 13.1 Å². The second kappa shape index (κ2) is 5.05. The van der Waals surface area contributed by atoms with Gasteiger partial charge in [0.25, 0.3) is 0 Å². The quantitative estimate of drug-likeness (QED) is 0.731. The van der Waals surface area contributed by atoms with Gasteiger partial charge in [-0.1, -0.05) is 0 Å². The smallest absolute Gasteiger partial charge is 0.248 e. The Morgan fingerprint density at radius 1 is 1.50 bits per heavy atom. The lowest BCUT2D eigenvalue weighted by atomic mass is 10.1. The Kier molecular flexibility index (Phi) is 3.47. The lowest BCUT2D eigenvalue weighted by molar-refractivity contribution is 0.100. The normalized spacial score (nSPS) is 10.3. The fourth-order valence-corrected chi connectivity index (χ4v) is 2.26. The molecule has 0 saturated carbocycles. The molecular weight excluding hydrogens is 248 g/mol. The van der Waals surface area contributed by atoms with E-state index in [2.05, 4.69) is 10.3 Å². The molecule has 0 spiro atoms. The van der Waals surface area contributed by atoms with Gasteiger partial charge >= 0.3 is 0 Å². The van der Waals surface area contributed by atoms with Gasteiger partial charge in [-0.05, 0) is 25.1 Å². The van der Waals surface area contributed by atoms with Crippen molar-refractivity contribution in [1.29, 1.82) is 0 Å². The zero-order valence-electron chi connectivity index (χ0n) is 9.93. The van der Waals surface area contributed by atoms with E-state index in [4.69, 9.17) is 11.5 Å². The van der Waals surface area contributed by atoms with E-state index in [1.54, 1.807) is 29.5 Å². The van der Waals surface area contributed by atoms with Crippen LogP contribution in [0.3, 0.4) is 0 Å². The van der Waals surface area contributed by atoms with E-state index in [-0.39, 0.29) is 0 Å². The average Bonchev–Trinajstić information content (AvgIpc) is 2.73. The molecule has 0 aliphatic heterocycles. The Balaban J connectivity index is 2.08. The Hall–Kier alpha value is -2.08. The molecule has 0 saturated heterocycles. The minimum absolute atomic E-state index is 0.406. The first-order valence-corrected chi connectivity index (χ1v) is 6.22. The van der Waals surface area contributed by atoms with Gasteiger partial charge in [0.15, 0.2) is 0 Å². The van der Waals surface area contributed by atoms with E-state index in [9.17, 15) is 4.79 Å². The molecule has 1 amide bonds. The molecule has 2 rings (SSSR count). The zero-order valence-corrected chi connectivity index (χ0v) is 10.8. The molecule has 5 N–H and O–H groups in total. The number of carbonyl (C=O) groups excluding carboxylic acids is 1. The Morgan fingerprint density at radius 2 is 2.28 bits per heavy atom. The van der Waals surface area contributed by atoms with Gasteiger partial charge in [0.05, 0.1) is 17.9 Å². The van der Waals surface area contributed by atoms with E-state index in [0.29, 0.717) is 17.8 Å². The molecule has 18 heavy (non-hydrogen) atoms. The number of nitrogens with one attached hydrogen (secondary N) is 1. The molecule has 0 atom stereocenters. The highest BCUT2D eigenvalue weighted by atomic mass is 32.1. The molecule has 94 valence electrons. The minimum Gasteiger partial charge on any atom is -0.397 e. The van der Waals surface area contributed by atoms with Crippen LogP contribution in [-0.4, -0.2) is 10.9 Å². The molecule has 5 nitrogen and oxygen atoms in total. The average molecular weight is 262 g/mol. The number of nitrogen functional groups attached to an aromatic ring is 1. The van der Waals surface area contributed by atoms with Crippen LogP contribution in [0.2, 0.25) is 0 Å². The van der Waals surface area contributed by atoms with E-state index in [1.165, 1.54) is 4.88 Å². The predicted molar refractivity (Wildman–Crippen MR) is 73.6 cm³/mol. The molecule has 6 heteroatoms. The van der Waals surface area contributed by atoms with Crippen molar-refractivity contribution in [2.75, 3.05) is 11.1 Å². The van der Waals surface area contributed by atoms with Crippen LogP contribution in [0.4, 0.5) is 11.4 Å². The zero-order chi connectivity index (χ0) is 13.1. The van der Waals surface area contributed by atoms with Crippen LogP contribution in [0, 0.1) is 6.92 Å². The lowest BCUT2D eigenvalue weighted by Gasteiger charge is -2.08. The van der Waals surface area contributed by atoms with Crippen LogP contribution in [0.5, 0.6) is 0 Å². The molecule has 2 aromatic rings. The summed E-state index contributed by atoms with van der Waals surface area (Å²) in [6.45, 7) is 2.62. The summed E-state index contributed by atoms with van der Waals surface area (Å²) in [5.41, 5.74) is 12.7. The van der Waals surface area contributed by atoms with E-state index >= 15 is 0 Å². The van der Waals surface area contributed by atoms with Gasteiger partial charge < -0.3 is 16.8 Å². The van der Waals surface area contributed by atoms with Crippen LogP contribution >= 0.6 is 11.3 Å². The molecule has 1 heterocycles. The van der Waals surface area contributed by atoms with Crippen molar-refractivity contribution in [2.24, 2.45) is 5.73 Å². The lowest BCUT2D eigenvalue weighted by Crippen LogP contribution is -2.12. The van der Waals surface area contributed by atoms with Crippen LogP contribution in [-0.2, 0) is 6.54 Å². The number of thiazole rings is 1. The molecule has 0 aliphatic carbocycles. The minimum atomic E-state index is -0.483. The number of hydrogen-bond acceptors (Lipinski definition) is 5. The molecular formula is C12H14N4OS. The fraction of sp³-hybridized carbons (Fsp3) is 0.167. The highest BCUT2D eigenvalue weighted by Crippen LogP contribution is 2.21. The van der Waals surface area contributed by atoms with Crippen molar-refractivity contribution >= 4 is 28.6 Å². The topological polar surface area (TPSA) is 94.0 Å². The number of primary amides is 1. The Labute approximate surface area is 109 Å². The number of aryl methyl sites for hydroxylation is 1. The Morgan fingerprint density at radius 3 is 2.83 bits per heavy atom. The first-order chi connectivity index (χ1) is 8.56. The van der Waals surface area contributed by atoms with Crippen molar-refractivity contribution in [3.63, 3.8) is 0 Å². The van der Waals surface area contributed by atoms with Crippen LogP contribution in [0.15, 0.2) is 24.4 Å². The first kappa shape index (κ1) is 12.4. The van der Waals surface area contributed by atoms with E-state index in [0.717, 1.165) is 10.7 Å². The van der Waals surface area contributed by atoms with Gasteiger partial charge in [0.2, 0.25) is 5.91 Å². The number of hydrogen-bond donors (Lipinski definition) is 3. The molecule has 0 aliphatic rings. The molecule has 0 bridgehead atoms. The van der Waals surface area contributed by atoms with Crippen LogP contribution < -0.4 is 16.8 Å². The van der Waals surface area contributed by atoms with Gasteiger partial charge in [0, 0.05) is 16.6 Å². The molecule has 1 aromatic carbocycles. The van der Waals surface area contributed by atoms with Gasteiger partial charge in [-0.25, -0.2) is 4.98 Å². The van der Waals surface area contributed by atoms with Gasteiger partial charge in [-0.2, -0.15) is 0 Å². The second-order valence-corrected chi connectivity index (χ2v) is 5.20. The summed E-state index contributed by atoms with van der Waals surface area (Å²) in [4.78, 5) is 16.4. The summed E-state index contributed by atoms with van der Waals surface area (Å²) in [5.74, 6) is -0.483. The monoisotopic (exact) mass is 262 g/mol.